The molecule has 1 aliphatic rings. The van der Waals surface area contributed by atoms with Crippen LogP contribution in [0.25, 0.3) is 0 Å². The summed E-state index contributed by atoms with van der Waals surface area (Å²) in [7, 11) is 0. The van der Waals surface area contributed by atoms with Crippen molar-refractivity contribution in [1.82, 2.24) is 5.06 Å². The van der Waals surface area contributed by atoms with E-state index in [-0.39, 0.29) is 0 Å². The fourth-order valence-corrected chi connectivity index (χ4v) is 2.00. The third kappa shape index (κ3) is 2.74. The largest absolute Gasteiger partial charge is 0.399 e. The highest BCUT2D eigenvalue weighted by atomic mass is 16.7. The van der Waals surface area contributed by atoms with E-state index in [9.17, 15) is 0 Å². The average Bonchev–Trinajstić information content (AvgIpc) is 2.46. The van der Waals surface area contributed by atoms with Crippen LogP contribution in [0.5, 0.6) is 0 Å². The van der Waals surface area contributed by atoms with Crippen LogP contribution in [0, 0.1) is 0 Å². The van der Waals surface area contributed by atoms with Crippen molar-refractivity contribution < 1.29 is 4.84 Å². The number of nitrogens with two attached hydrogens (primary N) is 1. The van der Waals surface area contributed by atoms with E-state index >= 15 is 0 Å². The summed E-state index contributed by atoms with van der Waals surface area (Å²) in [5.74, 6) is 0. The Kier molecular flexibility index (Phi) is 3.16. The summed E-state index contributed by atoms with van der Waals surface area (Å²) in [4.78, 5) is 10.1. The normalized spacial score (nSPS) is 13.4. The molecule has 1 aliphatic heterocycles. The molecule has 2 aromatic carbocycles. The molecular formula is C15H15N3O. The molecule has 0 fully saturated rings. The molecule has 0 saturated carbocycles. The smallest absolute Gasteiger partial charge is 0.117 e. The highest BCUT2D eigenvalue weighted by Gasteiger charge is 2.12. The zero-order valence-electron chi connectivity index (χ0n) is 10.5. The van der Waals surface area contributed by atoms with Crippen molar-refractivity contribution in [3.63, 3.8) is 0 Å². The summed E-state index contributed by atoms with van der Waals surface area (Å²) in [5.41, 5.74) is 9.70. The number of aliphatic imine (C=N–C) groups is 1. The number of fused-ring (bicyclic) bond motifs is 1. The Bertz CT molecular complexity index is 596. The van der Waals surface area contributed by atoms with Crippen LogP contribution in [0.2, 0.25) is 0 Å². The molecule has 0 aromatic heterocycles. The van der Waals surface area contributed by atoms with E-state index < -0.39 is 0 Å². The van der Waals surface area contributed by atoms with Gasteiger partial charge in [-0.05, 0) is 23.8 Å². The number of anilines is 1. The second-order valence-electron chi connectivity index (χ2n) is 4.47. The maximum Gasteiger partial charge on any atom is 0.117 e. The van der Waals surface area contributed by atoms with Gasteiger partial charge in [-0.2, -0.15) is 0 Å². The molecule has 0 amide bonds. The first-order chi connectivity index (χ1) is 9.31. The summed E-state index contributed by atoms with van der Waals surface area (Å²) in [6, 6.07) is 15.8. The zero-order chi connectivity index (χ0) is 13.1. The predicted octanol–water partition coefficient (Wildman–Crippen LogP) is 2.88. The van der Waals surface area contributed by atoms with Crippen molar-refractivity contribution in [2.24, 2.45) is 4.99 Å². The van der Waals surface area contributed by atoms with Crippen LogP contribution in [0.3, 0.4) is 0 Å². The molecule has 3 rings (SSSR count). The van der Waals surface area contributed by atoms with Crippen LogP contribution in [0.4, 0.5) is 11.4 Å². The van der Waals surface area contributed by atoms with E-state index in [0.717, 1.165) is 22.5 Å². The molecule has 0 saturated heterocycles. The SMILES string of the molecule is Nc1ccc2c(c1)CN(OCc1ccccc1)C=N2. The number of benzene rings is 2. The number of hydroxylamine groups is 2. The first-order valence-corrected chi connectivity index (χ1v) is 6.17. The summed E-state index contributed by atoms with van der Waals surface area (Å²) < 4.78 is 0. The lowest BCUT2D eigenvalue weighted by Crippen LogP contribution is -2.24. The number of rotatable bonds is 3. The number of nitrogens with zero attached hydrogens (tertiary/aromatic N) is 2. The van der Waals surface area contributed by atoms with Gasteiger partial charge in [0.2, 0.25) is 0 Å². The Labute approximate surface area is 112 Å². The topological polar surface area (TPSA) is 50.8 Å². The van der Waals surface area contributed by atoms with Crippen LogP contribution in [0.1, 0.15) is 11.1 Å². The van der Waals surface area contributed by atoms with Crippen LogP contribution < -0.4 is 5.73 Å². The van der Waals surface area contributed by atoms with Gasteiger partial charge < -0.3 is 5.73 Å². The first kappa shape index (κ1) is 11.7. The summed E-state index contributed by atoms with van der Waals surface area (Å²) in [6.07, 6.45) is 1.71. The van der Waals surface area contributed by atoms with Gasteiger partial charge in [0.05, 0.1) is 18.8 Å². The van der Waals surface area contributed by atoms with Gasteiger partial charge in [0.25, 0.3) is 0 Å². The standard InChI is InChI=1S/C15H15N3O/c16-14-6-7-15-13(8-14)9-18(11-17-15)19-10-12-4-2-1-3-5-12/h1-8,11H,9-10,16H2. The predicted molar refractivity (Wildman–Crippen MR) is 75.8 cm³/mol. The molecule has 4 heteroatoms. The Balaban J connectivity index is 1.66. The second-order valence-corrected chi connectivity index (χ2v) is 4.47. The van der Waals surface area contributed by atoms with E-state index in [2.05, 4.69) is 4.99 Å². The Morgan fingerprint density at radius 2 is 2.00 bits per heavy atom. The lowest BCUT2D eigenvalue weighted by atomic mass is 10.1. The second kappa shape index (κ2) is 5.12. The van der Waals surface area contributed by atoms with E-state index in [1.165, 1.54) is 0 Å². The number of nitrogen functional groups attached to an aromatic ring is 1. The molecule has 0 atom stereocenters. The molecule has 0 unspecified atom stereocenters. The molecular weight excluding hydrogens is 238 g/mol. The Morgan fingerprint density at radius 3 is 2.84 bits per heavy atom. The molecule has 0 radical (unpaired) electrons. The van der Waals surface area contributed by atoms with Gasteiger partial charge in [-0.25, -0.2) is 10.1 Å². The van der Waals surface area contributed by atoms with Crippen molar-refractivity contribution in [2.75, 3.05) is 5.73 Å². The van der Waals surface area contributed by atoms with Gasteiger partial charge in [-0.3, -0.25) is 4.84 Å². The average molecular weight is 253 g/mol. The maximum atomic E-state index is 5.78. The van der Waals surface area contributed by atoms with Crippen molar-refractivity contribution >= 4 is 17.7 Å². The lowest BCUT2D eigenvalue weighted by molar-refractivity contribution is -0.114. The minimum atomic E-state index is 0.532. The van der Waals surface area contributed by atoms with E-state index in [0.29, 0.717) is 13.2 Å². The van der Waals surface area contributed by atoms with Crippen molar-refractivity contribution in [1.29, 1.82) is 0 Å². The van der Waals surface area contributed by atoms with Crippen LogP contribution in [-0.4, -0.2) is 11.4 Å². The number of hydrogen-bond acceptors (Lipinski definition) is 4. The third-order valence-corrected chi connectivity index (χ3v) is 3.00. The molecule has 2 aromatic rings. The Morgan fingerprint density at radius 1 is 1.16 bits per heavy atom. The lowest BCUT2D eigenvalue weighted by Gasteiger charge is -2.23. The van der Waals surface area contributed by atoms with E-state index in [1.54, 1.807) is 11.4 Å². The molecule has 0 bridgehead atoms. The summed E-state index contributed by atoms with van der Waals surface area (Å²) in [6.45, 7) is 1.20. The van der Waals surface area contributed by atoms with Gasteiger partial charge in [0.1, 0.15) is 6.34 Å². The van der Waals surface area contributed by atoms with Crippen LogP contribution >= 0.6 is 0 Å². The summed E-state index contributed by atoms with van der Waals surface area (Å²) >= 11 is 0. The third-order valence-electron chi connectivity index (χ3n) is 3.00. The summed E-state index contributed by atoms with van der Waals surface area (Å²) in [5, 5.41) is 1.73. The van der Waals surface area contributed by atoms with Gasteiger partial charge in [0, 0.05) is 11.3 Å². The Hall–Kier alpha value is -2.33. The van der Waals surface area contributed by atoms with E-state index in [1.807, 2.05) is 48.5 Å². The van der Waals surface area contributed by atoms with Gasteiger partial charge in [-0.1, -0.05) is 30.3 Å². The molecule has 0 spiro atoms. The van der Waals surface area contributed by atoms with Gasteiger partial charge in [-0.15, -0.1) is 0 Å². The van der Waals surface area contributed by atoms with Crippen molar-refractivity contribution in [3.05, 3.63) is 59.7 Å². The molecule has 2 N–H and O–H groups in total. The maximum absolute atomic E-state index is 5.78. The van der Waals surface area contributed by atoms with Crippen molar-refractivity contribution in [3.8, 4) is 0 Å². The van der Waals surface area contributed by atoms with Crippen molar-refractivity contribution in [2.45, 2.75) is 13.2 Å². The van der Waals surface area contributed by atoms with E-state index in [4.69, 9.17) is 10.6 Å². The molecule has 19 heavy (non-hydrogen) atoms. The quantitative estimate of drug-likeness (QED) is 0.856. The highest BCUT2D eigenvalue weighted by molar-refractivity contribution is 5.67. The monoisotopic (exact) mass is 253 g/mol. The van der Waals surface area contributed by atoms with Crippen LogP contribution in [-0.2, 0) is 18.0 Å². The minimum absolute atomic E-state index is 0.532. The molecule has 96 valence electrons. The zero-order valence-corrected chi connectivity index (χ0v) is 10.5. The minimum Gasteiger partial charge on any atom is -0.399 e. The first-order valence-electron chi connectivity index (χ1n) is 6.17. The van der Waals surface area contributed by atoms with Gasteiger partial charge >= 0.3 is 0 Å². The number of hydrogen-bond donors (Lipinski definition) is 1. The van der Waals surface area contributed by atoms with Gasteiger partial charge in [0.15, 0.2) is 0 Å². The fraction of sp³-hybridized carbons (Fsp3) is 0.133. The fourth-order valence-electron chi connectivity index (χ4n) is 2.00. The highest BCUT2D eigenvalue weighted by Crippen LogP contribution is 2.26. The molecule has 4 nitrogen and oxygen atoms in total. The van der Waals surface area contributed by atoms with Crippen LogP contribution in [0.15, 0.2) is 53.5 Å². The molecule has 0 aliphatic carbocycles. The molecule has 1 heterocycles.